The van der Waals surface area contributed by atoms with Crippen molar-refractivity contribution in [3.8, 4) is 11.4 Å². The summed E-state index contributed by atoms with van der Waals surface area (Å²) in [4.78, 5) is 8.57. The van der Waals surface area contributed by atoms with Crippen LogP contribution in [0.25, 0.3) is 11.4 Å². The molecule has 0 aliphatic heterocycles. The number of pyridine rings is 1. The molecule has 2 atom stereocenters. The van der Waals surface area contributed by atoms with Gasteiger partial charge in [-0.1, -0.05) is 18.5 Å². The van der Waals surface area contributed by atoms with E-state index in [-0.39, 0.29) is 0 Å². The molecule has 0 N–H and O–H groups in total. The Labute approximate surface area is 131 Å². The van der Waals surface area contributed by atoms with Crippen molar-refractivity contribution in [3.63, 3.8) is 0 Å². The number of aromatic nitrogens is 3. The largest absolute Gasteiger partial charge is 0.381 e. The molecular formula is C17H23N3O2. The fourth-order valence-corrected chi connectivity index (χ4v) is 2.97. The first-order valence-electron chi connectivity index (χ1n) is 8.18. The molecule has 0 amide bonds. The number of hydrogen-bond donors (Lipinski definition) is 0. The standard InChI is InChI=1S/C17H23N3O2/c1-2-3-10-21-12-13-4-5-15(11-13)17-19-16(20-22-17)14-6-8-18-9-7-14/h6-9,13,15H,2-5,10-12H2,1H3/t13-,15+/m1/s1. The van der Waals surface area contributed by atoms with Crippen LogP contribution < -0.4 is 0 Å². The molecule has 2 aromatic heterocycles. The molecule has 0 saturated heterocycles. The predicted octanol–water partition coefficient (Wildman–Crippen LogP) is 3.83. The molecule has 0 bridgehead atoms. The zero-order valence-corrected chi connectivity index (χ0v) is 13.1. The summed E-state index contributed by atoms with van der Waals surface area (Å²) in [7, 11) is 0. The van der Waals surface area contributed by atoms with Crippen molar-refractivity contribution in [3.05, 3.63) is 30.4 Å². The lowest BCUT2D eigenvalue weighted by atomic mass is 10.1. The minimum atomic E-state index is 0.378. The second-order valence-corrected chi connectivity index (χ2v) is 6.00. The average Bonchev–Trinajstić information content (AvgIpc) is 3.21. The van der Waals surface area contributed by atoms with Gasteiger partial charge in [0.1, 0.15) is 0 Å². The smallest absolute Gasteiger partial charge is 0.230 e. The third-order valence-electron chi connectivity index (χ3n) is 4.27. The Balaban J connectivity index is 1.54. The maximum atomic E-state index is 5.74. The third kappa shape index (κ3) is 3.71. The summed E-state index contributed by atoms with van der Waals surface area (Å²) in [5.41, 5.74) is 0.947. The van der Waals surface area contributed by atoms with Gasteiger partial charge in [-0.05, 0) is 43.7 Å². The van der Waals surface area contributed by atoms with Gasteiger partial charge < -0.3 is 9.26 Å². The molecule has 1 aliphatic rings. The van der Waals surface area contributed by atoms with Gasteiger partial charge in [-0.3, -0.25) is 4.98 Å². The number of hydrogen-bond acceptors (Lipinski definition) is 5. The summed E-state index contributed by atoms with van der Waals surface area (Å²) >= 11 is 0. The molecule has 0 aromatic carbocycles. The topological polar surface area (TPSA) is 61.0 Å². The summed E-state index contributed by atoms with van der Waals surface area (Å²) in [5, 5.41) is 4.10. The molecule has 5 nitrogen and oxygen atoms in total. The van der Waals surface area contributed by atoms with Crippen molar-refractivity contribution in [2.24, 2.45) is 5.92 Å². The van der Waals surface area contributed by atoms with Crippen LogP contribution in [0.5, 0.6) is 0 Å². The van der Waals surface area contributed by atoms with Crippen molar-refractivity contribution >= 4 is 0 Å². The normalized spacial score (nSPS) is 21.3. The Kier molecular flexibility index (Phi) is 5.16. The lowest BCUT2D eigenvalue weighted by molar-refractivity contribution is 0.0981. The Morgan fingerprint density at radius 1 is 1.27 bits per heavy atom. The van der Waals surface area contributed by atoms with Crippen LogP contribution in [0.4, 0.5) is 0 Å². The second kappa shape index (κ2) is 7.49. The first-order chi connectivity index (χ1) is 10.9. The van der Waals surface area contributed by atoms with Gasteiger partial charge >= 0.3 is 0 Å². The molecule has 2 aromatic rings. The lowest BCUT2D eigenvalue weighted by Crippen LogP contribution is -2.07. The van der Waals surface area contributed by atoms with E-state index in [1.54, 1.807) is 12.4 Å². The van der Waals surface area contributed by atoms with E-state index < -0.39 is 0 Å². The molecule has 0 radical (unpaired) electrons. The van der Waals surface area contributed by atoms with E-state index >= 15 is 0 Å². The Morgan fingerprint density at radius 2 is 2.14 bits per heavy atom. The SMILES string of the molecule is CCCCOC[C@@H]1CC[C@H](c2nc(-c3ccncc3)no2)C1. The van der Waals surface area contributed by atoms with Gasteiger partial charge in [0.15, 0.2) is 0 Å². The summed E-state index contributed by atoms with van der Waals surface area (Å²) in [5.74, 6) is 2.42. The number of unbranched alkanes of at least 4 members (excludes halogenated alkanes) is 1. The molecule has 2 heterocycles. The van der Waals surface area contributed by atoms with Gasteiger partial charge in [0.05, 0.1) is 0 Å². The van der Waals surface area contributed by atoms with Crippen LogP contribution in [0.2, 0.25) is 0 Å². The first-order valence-corrected chi connectivity index (χ1v) is 8.18. The monoisotopic (exact) mass is 301 g/mol. The third-order valence-corrected chi connectivity index (χ3v) is 4.27. The van der Waals surface area contributed by atoms with Crippen molar-refractivity contribution in [1.29, 1.82) is 0 Å². The summed E-state index contributed by atoms with van der Waals surface area (Å²) in [6.45, 7) is 3.93. The van der Waals surface area contributed by atoms with Crippen LogP contribution in [0.3, 0.4) is 0 Å². The fraction of sp³-hybridized carbons (Fsp3) is 0.588. The van der Waals surface area contributed by atoms with Crippen LogP contribution in [0, 0.1) is 5.92 Å². The van der Waals surface area contributed by atoms with E-state index in [2.05, 4.69) is 22.0 Å². The molecule has 0 spiro atoms. The first kappa shape index (κ1) is 15.2. The van der Waals surface area contributed by atoms with Gasteiger partial charge in [-0.25, -0.2) is 0 Å². The Hall–Kier alpha value is -1.75. The van der Waals surface area contributed by atoms with Crippen molar-refractivity contribution < 1.29 is 9.26 Å². The number of nitrogens with zero attached hydrogens (tertiary/aromatic N) is 3. The second-order valence-electron chi connectivity index (χ2n) is 6.00. The highest BCUT2D eigenvalue weighted by Crippen LogP contribution is 2.38. The zero-order chi connectivity index (χ0) is 15.2. The molecule has 22 heavy (non-hydrogen) atoms. The van der Waals surface area contributed by atoms with Gasteiger partial charge in [0.2, 0.25) is 11.7 Å². The highest BCUT2D eigenvalue weighted by molar-refractivity contribution is 5.52. The van der Waals surface area contributed by atoms with Gasteiger partial charge in [-0.15, -0.1) is 0 Å². The zero-order valence-electron chi connectivity index (χ0n) is 13.1. The van der Waals surface area contributed by atoms with Gasteiger partial charge in [0, 0.05) is 37.1 Å². The average molecular weight is 301 g/mol. The van der Waals surface area contributed by atoms with Crippen molar-refractivity contribution in [2.75, 3.05) is 13.2 Å². The fourth-order valence-electron chi connectivity index (χ4n) is 2.97. The summed E-state index contributed by atoms with van der Waals surface area (Å²) in [6.07, 6.45) is 9.20. The Bertz CT molecular complexity index is 570. The highest BCUT2D eigenvalue weighted by Gasteiger charge is 2.30. The Morgan fingerprint density at radius 3 is 2.95 bits per heavy atom. The molecule has 3 rings (SSSR count). The number of ether oxygens (including phenoxy) is 1. The molecule has 5 heteroatoms. The summed E-state index contributed by atoms with van der Waals surface area (Å²) in [6, 6.07) is 3.79. The van der Waals surface area contributed by atoms with Crippen LogP contribution in [-0.2, 0) is 4.74 Å². The lowest BCUT2D eigenvalue weighted by Gasteiger charge is -2.09. The quantitative estimate of drug-likeness (QED) is 0.727. The van der Waals surface area contributed by atoms with Crippen molar-refractivity contribution in [2.45, 2.75) is 44.9 Å². The van der Waals surface area contributed by atoms with Crippen LogP contribution in [0.1, 0.15) is 50.8 Å². The van der Waals surface area contributed by atoms with Gasteiger partial charge in [0.25, 0.3) is 0 Å². The maximum absolute atomic E-state index is 5.74. The molecule has 0 unspecified atom stereocenters. The minimum Gasteiger partial charge on any atom is -0.381 e. The molecule has 1 fully saturated rings. The highest BCUT2D eigenvalue weighted by atomic mass is 16.5. The van der Waals surface area contributed by atoms with Crippen molar-refractivity contribution in [1.82, 2.24) is 15.1 Å². The summed E-state index contributed by atoms with van der Waals surface area (Å²) < 4.78 is 11.2. The molecular weight excluding hydrogens is 278 g/mol. The van der Waals surface area contributed by atoms with E-state index in [0.717, 1.165) is 43.9 Å². The predicted molar refractivity (Wildman–Crippen MR) is 83.3 cm³/mol. The molecule has 1 aliphatic carbocycles. The van der Waals surface area contributed by atoms with Gasteiger partial charge in [-0.2, -0.15) is 4.98 Å². The van der Waals surface area contributed by atoms with Crippen LogP contribution >= 0.6 is 0 Å². The maximum Gasteiger partial charge on any atom is 0.230 e. The van der Waals surface area contributed by atoms with E-state index in [0.29, 0.717) is 17.7 Å². The van der Waals surface area contributed by atoms with E-state index in [4.69, 9.17) is 9.26 Å². The molecule has 1 saturated carbocycles. The van der Waals surface area contributed by atoms with Crippen LogP contribution in [0.15, 0.2) is 29.0 Å². The minimum absolute atomic E-state index is 0.378. The van der Waals surface area contributed by atoms with Crippen LogP contribution in [-0.4, -0.2) is 28.3 Å². The van der Waals surface area contributed by atoms with E-state index in [1.165, 1.54) is 12.8 Å². The van der Waals surface area contributed by atoms with E-state index in [1.807, 2.05) is 12.1 Å². The number of rotatable bonds is 7. The van der Waals surface area contributed by atoms with E-state index in [9.17, 15) is 0 Å². The molecule has 118 valence electrons.